The van der Waals surface area contributed by atoms with Crippen molar-refractivity contribution in [3.8, 4) is 11.8 Å². The second kappa shape index (κ2) is 8.12. The molecule has 6 heteroatoms. The van der Waals surface area contributed by atoms with Crippen LogP contribution in [0.25, 0.3) is 11.0 Å². The van der Waals surface area contributed by atoms with Crippen LogP contribution in [-0.4, -0.2) is 18.2 Å². The van der Waals surface area contributed by atoms with Crippen LogP contribution in [-0.2, 0) is 13.0 Å². The van der Waals surface area contributed by atoms with Gasteiger partial charge in [-0.15, -0.1) is 11.3 Å². The average molecular weight is 382 g/mol. The molecule has 3 aromatic rings. The van der Waals surface area contributed by atoms with Gasteiger partial charge in [-0.2, -0.15) is 5.26 Å². The Labute approximate surface area is 162 Å². The number of aryl methyl sites for hydroxylation is 2. The van der Waals surface area contributed by atoms with E-state index >= 15 is 0 Å². The fourth-order valence-electron chi connectivity index (χ4n) is 3.68. The van der Waals surface area contributed by atoms with Crippen molar-refractivity contribution in [3.63, 3.8) is 0 Å². The summed E-state index contributed by atoms with van der Waals surface area (Å²) >= 11 is 1.46. The highest BCUT2D eigenvalue weighted by molar-refractivity contribution is 7.12. The van der Waals surface area contributed by atoms with Crippen molar-refractivity contribution in [2.75, 3.05) is 13.1 Å². The topological polar surface area (TPSA) is 71.1 Å². The molecule has 0 radical (unpaired) electrons. The zero-order valence-corrected chi connectivity index (χ0v) is 16.3. The summed E-state index contributed by atoms with van der Waals surface area (Å²) in [4.78, 5) is 1.74. The first-order valence-electron chi connectivity index (χ1n) is 9.45. The minimum atomic E-state index is 0.454. The largest absolute Gasteiger partial charge is 0.488 e. The van der Waals surface area contributed by atoms with E-state index < -0.39 is 0 Å². The molecule has 0 saturated carbocycles. The zero-order chi connectivity index (χ0) is 18.6. The molecule has 1 aromatic carbocycles. The van der Waals surface area contributed by atoms with Crippen molar-refractivity contribution in [1.82, 2.24) is 10.5 Å². The molecule has 1 fully saturated rings. The highest BCUT2D eigenvalue weighted by Crippen LogP contribution is 2.31. The second-order valence-electron chi connectivity index (χ2n) is 7.09. The SMILES string of the molecule is Cc1c(OCc2ccc(C#N)s2)ccc2c(CCC3CCNCC3)noc12. The molecular weight excluding hydrogens is 358 g/mol. The summed E-state index contributed by atoms with van der Waals surface area (Å²) in [6.07, 6.45) is 4.63. The summed E-state index contributed by atoms with van der Waals surface area (Å²) in [6, 6.07) is 9.97. The first-order chi connectivity index (χ1) is 13.2. The molecular formula is C21H23N3O2S. The number of nitrogens with one attached hydrogen (secondary N) is 1. The molecule has 1 N–H and O–H groups in total. The van der Waals surface area contributed by atoms with Gasteiger partial charge in [-0.3, -0.25) is 0 Å². The van der Waals surface area contributed by atoms with Gasteiger partial charge in [0.2, 0.25) is 0 Å². The zero-order valence-electron chi connectivity index (χ0n) is 15.5. The number of aromatic nitrogens is 1. The maximum Gasteiger partial charge on any atom is 0.173 e. The quantitative estimate of drug-likeness (QED) is 0.677. The van der Waals surface area contributed by atoms with Crippen LogP contribution in [0.1, 0.15) is 40.3 Å². The van der Waals surface area contributed by atoms with Crippen molar-refractivity contribution in [1.29, 1.82) is 5.26 Å². The Hall–Kier alpha value is -2.36. The van der Waals surface area contributed by atoms with Gasteiger partial charge in [0.15, 0.2) is 5.58 Å². The standard InChI is InChI=1S/C21H23N3O2S/c1-14-20(25-13-17-4-3-16(12-22)27-17)7-5-18-19(24-26-21(14)18)6-2-15-8-10-23-11-9-15/h3-5,7,15,23H,2,6,8-11,13H2,1H3. The molecule has 0 unspecified atom stereocenters. The smallest absolute Gasteiger partial charge is 0.173 e. The van der Waals surface area contributed by atoms with Gasteiger partial charge in [0.05, 0.1) is 5.69 Å². The number of hydrogen-bond acceptors (Lipinski definition) is 6. The fourth-order valence-corrected chi connectivity index (χ4v) is 4.40. The number of fused-ring (bicyclic) bond motifs is 1. The molecule has 0 spiro atoms. The van der Waals surface area contributed by atoms with Crippen molar-refractivity contribution in [3.05, 3.63) is 45.3 Å². The van der Waals surface area contributed by atoms with Crippen LogP contribution in [0.2, 0.25) is 0 Å². The average Bonchev–Trinajstić information content (AvgIpc) is 3.34. The predicted octanol–water partition coefficient (Wildman–Crippen LogP) is 4.58. The molecule has 1 aliphatic rings. The first-order valence-corrected chi connectivity index (χ1v) is 10.3. The van der Waals surface area contributed by atoms with Crippen LogP contribution in [0.4, 0.5) is 0 Å². The van der Waals surface area contributed by atoms with Crippen molar-refractivity contribution >= 4 is 22.3 Å². The van der Waals surface area contributed by atoms with E-state index in [9.17, 15) is 0 Å². The number of nitriles is 1. The molecule has 0 aliphatic carbocycles. The number of ether oxygens (including phenoxy) is 1. The first kappa shape index (κ1) is 18.0. The summed E-state index contributed by atoms with van der Waals surface area (Å²) in [7, 11) is 0. The van der Waals surface area contributed by atoms with Crippen LogP contribution in [0, 0.1) is 24.2 Å². The molecule has 27 heavy (non-hydrogen) atoms. The Morgan fingerprint density at radius 2 is 2.15 bits per heavy atom. The number of benzene rings is 1. The van der Waals surface area contributed by atoms with E-state index in [1.165, 1.54) is 30.6 Å². The number of hydrogen-bond donors (Lipinski definition) is 1. The third-order valence-electron chi connectivity index (χ3n) is 5.30. The molecule has 0 bridgehead atoms. The summed E-state index contributed by atoms with van der Waals surface area (Å²) in [5, 5.41) is 17.8. The lowest BCUT2D eigenvalue weighted by molar-refractivity contribution is 0.307. The van der Waals surface area contributed by atoms with E-state index in [-0.39, 0.29) is 0 Å². The van der Waals surface area contributed by atoms with E-state index in [1.54, 1.807) is 0 Å². The number of piperidine rings is 1. The minimum Gasteiger partial charge on any atom is -0.488 e. The molecule has 0 amide bonds. The molecule has 5 nitrogen and oxygen atoms in total. The van der Waals surface area contributed by atoms with Gasteiger partial charge in [-0.1, -0.05) is 5.16 Å². The van der Waals surface area contributed by atoms with Crippen LogP contribution in [0.3, 0.4) is 0 Å². The van der Waals surface area contributed by atoms with Crippen LogP contribution < -0.4 is 10.1 Å². The van der Waals surface area contributed by atoms with E-state index in [4.69, 9.17) is 14.5 Å². The summed E-state index contributed by atoms with van der Waals surface area (Å²) in [5.41, 5.74) is 2.84. The van der Waals surface area contributed by atoms with E-state index in [0.717, 1.165) is 58.3 Å². The summed E-state index contributed by atoms with van der Waals surface area (Å²) in [6.45, 7) is 4.72. The Morgan fingerprint density at radius 3 is 2.93 bits per heavy atom. The van der Waals surface area contributed by atoms with E-state index in [0.29, 0.717) is 11.5 Å². The summed E-state index contributed by atoms with van der Waals surface area (Å²) < 4.78 is 11.6. The number of thiophene rings is 1. The minimum absolute atomic E-state index is 0.454. The van der Waals surface area contributed by atoms with Gasteiger partial charge >= 0.3 is 0 Å². The molecule has 1 aliphatic heterocycles. The van der Waals surface area contributed by atoms with Gasteiger partial charge in [-0.05, 0) is 75.9 Å². The normalized spacial score (nSPS) is 15.1. The maximum absolute atomic E-state index is 8.93. The Balaban J connectivity index is 1.45. The molecule has 2 aromatic heterocycles. The molecule has 4 rings (SSSR count). The van der Waals surface area contributed by atoms with E-state index in [1.807, 2.05) is 25.1 Å². The van der Waals surface area contributed by atoms with Gasteiger partial charge < -0.3 is 14.6 Å². The van der Waals surface area contributed by atoms with Crippen molar-refractivity contribution < 1.29 is 9.26 Å². The molecule has 3 heterocycles. The second-order valence-corrected chi connectivity index (χ2v) is 8.26. The monoisotopic (exact) mass is 381 g/mol. The lowest BCUT2D eigenvalue weighted by Crippen LogP contribution is -2.27. The Kier molecular flexibility index (Phi) is 5.42. The predicted molar refractivity (Wildman–Crippen MR) is 106 cm³/mol. The van der Waals surface area contributed by atoms with Gasteiger partial charge in [-0.25, -0.2) is 0 Å². The van der Waals surface area contributed by atoms with Crippen LogP contribution >= 0.6 is 11.3 Å². The van der Waals surface area contributed by atoms with Crippen LogP contribution in [0.5, 0.6) is 5.75 Å². The van der Waals surface area contributed by atoms with Crippen molar-refractivity contribution in [2.45, 2.75) is 39.2 Å². The lowest BCUT2D eigenvalue weighted by atomic mass is 9.92. The maximum atomic E-state index is 8.93. The number of rotatable bonds is 6. The summed E-state index contributed by atoms with van der Waals surface area (Å²) in [5.74, 6) is 1.58. The third-order valence-corrected chi connectivity index (χ3v) is 6.27. The highest BCUT2D eigenvalue weighted by Gasteiger charge is 2.17. The molecule has 140 valence electrons. The van der Waals surface area contributed by atoms with E-state index in [2.05, 4.69) is 22.6 Å². The van der Waals surface area contributed by atoms with Gasteiger partial charge in [0.25, 0.3) is 0 Å². The number of nitrogens with zero attached hydrogens (tertiary/aromatic N) is 2. The Bertz CT molecular complexity index is 964. The van der Waals surface area contributed by atoms with Crippen molar-refractivity contribution in [2.24, 2.45) is 5.92 Å². The third kappa shape index (κ3) is 4.00. The van der Waals surface area contributed by atoms with Gasteiger partial charge in [0.1, 0.15) is 23.3 Å². The fraction of sp³-hybridized carbons (Fsp3) is 0.429. The lowest BCUT2D eigenvalue weighted by Gasteiger charge is -2.21. The van der Waals surface area contributed by atoms with Gasteiger partial charge in [0, 0.05) is 15.8 Å². The highest BCUT2D eigenvalue weighted by atomic mass is 32.1. The molecule has 1 saturated heterocycles. The van der Waals surface area contributed by atoms with Crippen LogP contribution in [0.15, 0.2) is 28.8 Å². The molecule has 0 atom stereocenters. The Morgan fingerprint density at radius 1 is 1.30 bits per heavy atom.